The zero-order valence-electron chi connectivity index (χ0n) is 9.83. The quantitative estimate of drug-likeness (QED) is 0.855. The summed E-state index contributed by atoms with van der Waals surface area (Å²) in [5, 5.41) is 0.337. The Bertz CT molecular complexity index is 552. The summed E-state index contributed by atoms with van der Waals surface area (Å²) in [5.74, 6) is 0.841. The first-order valence-corrected chi connectivity index (χ1v) is 9.14. The van der Waals surface area contributed by atoms with Gasteiger partial charge in [-0.25, -0.2) is 8.42 Å². The summed E-state index contributed by atoms with van der Waals surface area (Å²) < 4.78 is 26.7. The van der Waals surface area contributed by atoms with Crippen LogP contribution in [0.3, 0.4) is 0 Å². The molecule has 0 radical (unpaired) electrons. The Morgan fingerprint density at radius 1 is 1.56 bits per heavy atom. The molecule has 1 fully saturated rings. The molecule has 1 aromatic heterocycles. The normalized spacial score (nSPS) is 21.9. The molecule has 1 saturated heterocycles. The first kappa shape index (κ1) is 14.3. The standard InChI is InChI=1S/C10H14N2O2S4/c1-7-6-12(4-5-16-7)18(13,14)9-3-2-8(17-9)10(11)15/h2-3,7H,4-6H2,1H3,(H2,11,15). The lowest BCUT2D eigenvalue weighted by molar-refractivity contribution is 0.425. The predicted molar refractivity (Wildman–Crippen MR) is 80.9 cm³/mol. The zero-order valence-corrected chi connectivity index (χ0v) is 13.1. The number of hydrogen-bond acceptors (Lipinski definition) is 5. The van der Waals surface area contributed by atoms with Crippen molar-refractivity contribution in [2.75, 3.05) is 18.8 Å². The molecule has 0 bridgehead atoms. The highest BCUT2D eigenvalue weighted by Crippen LogP contribution is 2.28. The van der Waals surface area contributed by atoms with Gasteiger partial charge in [-0.2, -0.15) is 16.1 Å². The van der Waals surface area contributed by atoms with Crippen LogP contribution in [-0.2, 0) is 10.0 Å². The van der Waals surface area contributed by atoms with Crippen molar-refractivity contribution in [3.63, 3.8) is 0 Å². The van der Waals surface area contributed by atoms with Crippen LogP contribution in [0.25, 0.3) is 0 Å². The van der Waals surface area contributed by atoms with Crippen LogP contribution in [-0.4, -0.2) is 41.8 Å². The first-order valence-electron chi connectivity index (χ1n) is 5.42. The summed E-state index contributed by atoms with van der Waals surface area (Å²) in [6.07, 6.45) is 0. The van der Waals surface area contributed by atoms with E-state index in [1.807, 2.05) is 6.92 Å². The van der Waals surface area contributed by atoms with Crippen molar-refractivity contribution in [1.29, 1.82) is 0 Å². The van der Waals surface area contributed by atoms with E-state index in [4.69, 9.17) is 18.0 Å². The van der Waals surface area contributed by atoms with E-state index in [-0.39, 0.29) is 4.99 Å². The zero-order chi connectivity index (χ0) is 13.3. The maximum atomic E-state index is 12.4. The van der Waals surface area contributed by atoms with Crippen molar-refractivity contribution in [3.8, 4) is 0 Å². The van der Waals surface area contributed by atoms with Crippen molar-refractivity contribution in [2.24, 2.45) is 5.73 Å². The number of hydrogen-bond donors (Lipinski definition) is 1. The van der Waals surface area contributed by atoms with E-state index in [2.05, 4.69) is 0 Å². The average Bonchev–Trinajstić information content (AvgIpc) is 2.79. The molecule has 18 heavy (non-hydrogen) atoms. The van der Waals surface area contributed by atoms with Crippen LogP contribution in [0.4, 0.5) is 0 Å². The molecule has 2 rings (SSSR count). The molecule has 1 aromatic rings. The van der Waals surface area contributed by atoms with Gasteiger partial charge in [-0.05, 0) is 12.1 Å². The minimum atomic E-state index is -3.38. The van der Waals surface area contributed by atoms with Gasteiger partial charge in [0.05, 0.1) is 4.88 Å². The highest BCUT2D eigenvalue weighted by atomic mass is 32.2. The number of rotatable bonds is 3. The Hall–Kier alpha value is -0.150. The molecule has 1 aliphatic rings. The van der Waals surface area contributed by atoms with Gasteiger partial charge >= 0.3 is 0 Å². The Morgan fingerprint density at radius 2 is 2.28 bits per heavy atom. The van der Waals surface area contributed by atoms with Gasteiger partial charge in [-0.3, -0.25) is 0 Å². The van der Waals surface area contributed by atoms with Crippen molar-refractivity contribution in [2.45, 2.75) is 16.4 Å². The van der Waals surface area contributed by atoms with Gasteiger partial charge in [-0.1, -0.05) is 19.1 Å². The van der Waals surface area contributed by atoms with E-state index in [1.54, 1.807) is 28.2 Å². The fourth-order valence-corrected chi connectivity index (χ4v) is 5.98. The van der Waals surface area contributed by atoms with Crippen LogP contribution in [0.5, 0.6) is 0 Å². The fraction of sp³-hybridized carbons (Fsp3) is 0.500. The molecule has 100 valence electrons. The molecule has 0 amide bonds. The van der Waals surface area contributed by atoms with Gasteiger partial charge < -0.3 is 5.73 Å². The van der Waals surface area contributed by atoms with E-state index in [0.29, 0.717) is 27.4 Å². The number of thiophene rings is 1. The van der Waals surface area contributed by atoms with Crippen molar-refractivity contribution in [1.82, 2.24) is 4.31 Å². The summed E-state index contributed by atoms with van der Waals surface area (Å²) in [7, 11) is -3.38. The maximum absolute atomic E-state index is 12.4. The van der Waals surface area contributed by atoms with Gasteiger partial charge in [0.15, 0.2) is 0 Å². The van der Waals surface area contributed by atoms with Gasteiger partial charge in [0, 0.05) is 24.1 Å². The van der Waals surface area contributed by atoms with Crippen LogP contribution >= 0.6 is 35.3 Å². The second-order valence-electron chi connectivity index (χ2n) is 4.03. The highest BCUT2D eigenvalue weighted by molar-refractivity contribution is 8.00. The molecular weight excluding hydrogens is 308 g/mol. The topological polar surface area (TPSA) is 63.4 Å². The van der Waals surface area contributed by atoms with E-state index in [9.17, 15) is 8.42 Å². The van der Waals surface area contributed by atoms with Crippen molar-refractivity contribution >= 4 is 50.3 Å². The summed E-state index contributed by atoms with van der Waals surface area (Å²) >= 11 is 7.79. The number of thioether (sulfide) groups is 1. The Kier molecular flexibility index (Phi) is 4.32. The minimum Gasteiger partial charge on any atom is -0.389 e. The second-order valence-corrected chi connectivity index (χ2v) is 9.26. The largest absolute Gasteiger partial charge is 0.389 e. The number of nitrogens with zero attached hydrogens (tertiary/aromatic N) is 1. The lowest BCUT2D eigenvalue weighted by Gasteiger charge is -2.29. The smallest absolute Gasteiger partial charge is 0.252 e. The van der Waals surface area contributed by atoms with E-state index < -0.39 is 10.0 Å². The van der Waals surface area contributed by atoms with Crippen molar-refractivity contribution < 1.29 is 8.42 Å². The van der Waals surface area contributed by atoms with E-state index in [0.717, 1.165) is 17.1 Å². The van der Waals surface area contributed by atoms with Gasteiger partial charge in [0.1, 0.15) is 9.20 Å². The lowest BCUT2D eigenvalue weighted by Crippen LogP contribution is -2.40. The van der Waals surface area contributed by atoms with E-state index >= 15 is 0 Å². The molecule has 1 aliphatic heterocycles. The first-order chi connectivity index (χ1) is 8.41. The molecule has 0 spiro atoms. The Balaban J connectivity index is 2.26. The van der Waals surface area contributed by atoms with Crippen LogP contribution in [0.2, 0.25) is 0 Å². The molecule has 2 heterocycles. The number of nitrogens with two attached hydrogens (primary N) is 1. The third-order valence-electron chi connectivity index (χ3n) is 2.62. The Morgan fingerprint density at radius 3 is 2.83 bits per heavy atom. The van der Waals surface area contributed by atoms with Gasteiger partial charge in [0.25, 0.3) is 10.0 Å². The third kappa shape index (κ3) is 2.88. The summed E-state index contributed by atoms with van der Waals surface area (Å²) in [6.45, 7) is 3.17. The van der Waals surface area contributed by atoms with Crippen LogP contribution in [0.15, 0.2) is 16.3 Å². The molecule has 0 saturated carbocycles. The number of sulfonamides is 1. The number of thiocarbonyl (C=S) groups is 1. The van der Waals surface area contributed by atoms with Crippen molar-refractivity contribution in [3.05, 3.63) is 17.0 Å². The predicted octanol–water partition coefficient (Wildman–Crippen LogP) is 1.51. The summed E-state index contributed by atoms with van der Waals surface area (Å²) in [4.78, 5) is 0.882. The molecule has 0 aliphatic carbocycles. The molecule has 8 heteroatoms. The molecule has 2 N–H and O–H groups in total. The summed E-state index contributed by atoms with van der Waals surface area (Å²) in [5.41, 5.74) is 5.50. The average molecular weight is 323 g/mol. The Labute approximate surface area is 121 Å². The monoisotopic (exact) mass is 322 g/mol. The molecule has 4 nitrogen and oxygen atoms in total. The van der Waals surface area contributed by atoms with Gasteiger partial charge in [0.2, 0.25) is 0 Å². The van der Waals surface area contributed by atoms with Crippen LogP contribution < -0.4 is 5.73 Å². The summed E-state index contributed by atoms with van der Waals surface area (Å²) in [6, 6.07) is 3.25. The van der Waals surface area contributed by atoms with Crippen LogP contribution in [0.1, 0.15) is 11.8 Å². The second kappa shape index (κ2) is 5.46. The third-order valence-corrected chi connectivity index (χ3v) is 7.56. The SMILES string of the molecule is CC1CN(S(=O)(=O)c2ccc(C(N)=S)s2)CCS1. The van der Waals surface area contributed by atoms with Crippen LogP contribution in [0, 0.1) is 0 Å². The minimum absolute atomic E-state index is 0.240. The lowest BCUT2D eigenvalue weighted by atomic mass is 10.4. The molecular formula is C10H14N2O2S4. The highest BCUT2D eigenvalue weighted by Gasteiger charge is 2.30. The molecule has 1 atom stereocenters. The molecule has 0 aromatic carbocycles. The maximum Gasteiger partial charge on any atom is 0.252 e. The van der Waals surface area contributed by atoms with Gasteiger partial charge in [-0.15, -0.1) is 11.3 Å². The fourth-order valence-electron chi connectivity index (χ4n) is 1.72. The van der Waals surface area contributed by atoms with E-state index in [1.165, 1.54) is 0 Å². The molecule has 1 unspecified atom stereocenters.